The molecule has 10 heteroatoms. The maximum absolute atomic E-state index is 5.82. The van der Waals surface area contributed by atoms with Crippen molar-refractivity contribution in [3.8, 4) is 0 Å². The van der Waals surface area contributed by atoms with Crippen LogP contribution in [0.1, 0.15) is 42.8 Å². The van der Waals surface area contributed by atoms with Crippen LogP contribution in [0, 0.1) is 0 Å². The average Bonchev–Trinajstić information content (AvgIpc) is 3.20. The van der Waals surface area contributed by atoms with Crippen molar-refractivity contribution in [3.63, 3.8) is 0 Å². The Labute approximate surface area is 190 Å². The zero-order chi connectivity index (χ0) is 22.2. The number of nitrogens with one attached hydrogen (secondary N) is 1. The summed E-state index contributed by atoms with van der Waals surface area (Å²) >= 11 is 0. The first kappa shape index (κ1) is 22.3. The molecule has 3 aromatic rings. The second-order valence-electron chi connectivity index (χ2n) is 9.46. The van der Waals surface area contributed by atoms with E-state index in [1.807, 2.05) is 6.20 Å². The number of imidazole rings is 1. The molecule has 0 radical (unpaired) electrons. The smallest absolute Gasteiger partial charge is 0.141 e. The van der Waals surface area contributed by atoms with Crippen molar-refractivity contribution in [3.05, 3.63) is 35.4 Å². The van der Waals surface area contributed by atoms with Crippen LogP contribution in [-0.2, 0) is 18.4 Å². The van der Waals surface area contributed by atoms with Crippen molar-refractivity contribution in [2.45, 2.75) is 44.1 Å². The van der Waals surface area contributed by atoms with Gasteiger partial charge in [0.05, 0.1) is 23.3 Å². The molecule has 31 heavy (non-hydrogen) atoms. The molecule has 1 atom stereocenters. The number of hydrogen-bond acceptors (Lipinski definition) is 4. The molecule has 0 saturated heterocycles. The molecule has 1 aliphatic carbocycles. The second kappa shape index (κ2) is 8.91. The highest BCUT2D eigenvalue weighted by atomic mass is 15.2. The maximum atomic E-state index is 5.82. The minimum absolute atomic E-state index is 0.0850. The summed E-state index contributed by atoms with van der Waals surface area (Å²) in [5.41, 5.74) is 16.0. The predicted molar refractivity (Wildman–Crippen MR) is 145 cm³/mol. The first-order chi connectivity index (χ1) is 14.9. The molecule has 2 aromatic heterocycles. The van der Waals surface area contributed by atoms with Gasteiger partial charge in [-0.25, -0.2) is 4.98 Å². The lowest BCUT2D eigenvalue weighted by Gasteiger charge is -2.44. The minimum Gasteiger partial charge on any atom is -0.341 e. The average molecular weight is 409 g/mol. The van der Waals surface area contributed by atoms with E-state index in [1.54, 1.807) is 0 Å². The van der Waals surface area contributed by atoms with Gasteiger partial charge in [0.1, 0.15) is 45.1 Å². The molecular weight excluding hydrogens is 376 g/mol. The molecule has 0 aliphatic heterocycles. The summed E-state index contributed by atoms with van der Waals surface area (Å²) in [6.45, 7) is 2.53. The number of aryl methyl sites for hydroxylation is 1. The van der Waals surface area contributed by atoms with Crippen molar-refractivity contribution in [2.24, 2.45) is 5.73 Å². The molecule has 0 amide bonds. The molecular formula is C21H32B5N5. The number of pyridine rings is 1. The first-order valence-corrected chi connectivity index (χ1v) is 11.7. The topological polar surface area (TPSA) is 70.8 Å². The van der Waals surface area contributed by atoms with Crippen molar-refractivity contribution in [2.75, 3.05) is 13.1 Å². The van der Waals surface area contributed by atoms with E-state index in [2.05, 4.69) is 61.2 Å². The summed E-state index contributed by atoms with van der Waals surface area (Å²) in [6, 6.07) is 4.32. The maximum Gasteiger partial charge on any atom is 0.141 e. The lowest BCUT2D eigenvalue weighted by atomic mass is 9.65. The molecule has 156 valence electrons. The monoisotopic (exact) mass is 409 g/mol. The van der Waals surface area contributed by atoms with E-state index in [4.69, 9.17) is 15.7 Å². The number of fused-ring (bicyclic) bond motifs is 2. The van der Waals surface area contributed by atoms with Crippen molar-refractivity contribution < 1.29 is 0 Å². The van der Waals surface area contributed by atoms with Gasteiger partial charge in [0.25, 0.3) is 0 Å². The molecule has 0 bridgehead atoms. The minimum atomic E-state index is -0.0850. The van der Waals surface area contributed by atoms with Gasteiger partial charge >= 0.3 is 0 Å². The number of aromatic amines is 1. The number of aromatic nitrogens is 3. The van der Waals surface area contributed by atoms with Crippen LogP contribution >= 0.6 is 0 Å². The standard InChI is InChI=1S/C21H32B5N5/c22-14-15(23)17(25)19-18(16(14)24)29-13(30-19)11-31(10-2-1-8-27)21(26)7-3-5-12-6-4-9-28-20(12)21/h4,6,9H,1-3,5,7-8,10-11,22-27H2,(H,29,30)/t21-/m0/s1. The summed E-state index contributed by atoms with van der Waals surface area (Å²) < 4.78 is 0. The molecule has 2 heterocycles. The van der Waals surface area contributed by atoms with Gasteiger partial charge in [-0.2, -0.15) is 0 Å². The van der Waals surface area contributed by atoms with Gasteiger partial charge in [0.15, 0.2) is 0 Å². The third-order valence-electron chi connectivity index (χ3n) is 7.60. The van der Waals surface area contributed by atoms with E-state index in [9.17, 15) is 0 Å². The van der Waals surface area contributed by atoms with E-state index in [-0.39, 0.29) is 5.44 Å². The zero-order valence-electron chi connectivity index (χ0n) is 19.8. The van der Waals surface area contributed by atoms with Gasteiger partial charge in [-0.1, -0.05) is 27.9 Å². The van der Waals surface area contributed by atoms with Crippen LogP contribution in [0.3, 0.4) is 0 Å². The SMILES string of the molecule is Bc1c(B)c(B)c2[nH]c(CN(CCCCN)[C@@]3(B)CCCc4cccnc43)nc2c1B. The van der Waals surface area contributed by atoms with Gasteiger partial charge in [-0.3, -0.25) is 9.88 Å². The molecule has 4 rings (SSSR count). The molecule has 0 unspecified atom stereocenters. The van der Waals surface area contributed by atoms with Crippen molar-refractivity contribution in [1.82, 2.24) is 19.9 Å². The summed E-state index contributed by atoms with van der Waals surface area (Å²) in [6.07, 6.45) is 7.51. The molecule has 1 aliphatic rings. The fourth-order valence-corrected chi connectivity index (χ4v) is 5.27. The summed E-state index contributed by atoms with van der Waals surface area (Å²) in [7, 11) is 11.2. The molecule has 3 N–H and O–H groups in total. The van der Waals surface area contributed by atoms with Gasteiger partial charge in [0, 0.05) is 11.6 Å². The van der Waals surface area contributed by atoms with E-state index in [1.165, 1.54) is 45.0 Å². The molecule has 1 aromatic carbocycles. The van der Waals surface area contributed by atoms with Crippen molar-refractivity contribution in [1.29, 1.82) is 0 Å². The summed E-state index contributed by atoms with van der Waals surface area (Å²) in [5, 5.41) is 0. The van der Waals surface area contributed by atoms with Gasteiger partial charge in [-0.05, 0) is 56.8 Å². The number of unbranched alkanes of at least 4 members (excludes halogenated alkanes) is 1. The van der Waals surface area contributed by atoms with Crippen LogP contribution in [-0.4, -0.2) is 72.2 Å². The van der Waals surface area contributed by atoms with E-state index < -0.39 is 0 Å². The number of hydrogen-bond donors (Lipinski definition) is 2. The van der Waals surface area contributed by atoms with Crippen molar-refractivity contribution >= 4 is 72.1 Å². The highest BCUT2D eigenvalue weighted by Gasteiger charge is 2.38. The fraction of sp³-hybridized carbons (Fsp3) is 0.429. The quantitative estimate of drug-likeness (QED) is 0.305. The Balaban J connectivity index is 1.73. The van der Waals surface area contributed by atoms with Gasteiger partial charge in [0.2, 0.25) is 0 Å². The third-order valence-corrected chi connectivity index (χ3v) is 7.60. The number of nitrogens with zero attached hydrogens (tertiary/aromatic N) is 3. The fourth-order valence-electron chi connectivity index (χ4n) is 5.27. The van der Waals surface area contributed by atoms with E-state index in [0.29, 0.717) is 0 Å². The Kier molecular flexibility index (Phi) is 6.41. The van der Waals surface area contributed by atoms with Crippen LogP contribution in [0.15, 0.2) is 18.3 Å². The Morgan fingerprint density at radius 3 is 2.65 bits per heavy atom. The zero-order valence-corrected chi connectivity index (χ0v) is 19.8. The van der Waals surface area contributed by atoms with Gasteiger partial charge < -0.3 is 10.7 Å². The Hall–Kier alpha value is -1.92. The van der Waals surface area contributed by atoms with Crippen LogP contribution in [0.5, 0.6) is 0 Å². The Morgan fingerprint density at radius 1 is 1.10 bits per heavy atom. The normalized spacial score (nSPS) is 18.5. The molecule has 5 nitrogen and oxygen atoms in total. The third kappa shape index (κ3) is 4.00. The lowest BCUT2D eigenvalue weighted by molar-refractivity contribution is 0.122. The van der Waals surface area contributed by atoms with Gasteiger partial charge in [-0.15, -0.1) is 0 Å². The number of rotatable bonds is 7. The van der Waals surface area contributed by atoms with E-state index in [0.717, 1.165) is 56.7 Å². The highest BCUT2D eigenvalue weighted by Crippen LogP contribution is 2.37. The molecule has 0 saturated carbocycles. The largest absolute Gasteiger partial charge is 0.341 e. The number of H-pyrrole nitrogens is 1. The van der Waals surface area contributed by atoms with E-state index >= 15 is 0 Å². The second-order valence-corrected chi connectivity index (χ2v) is 9.46. The highest BCUT2D eigenvalue weighted by molar-refractivity contribution is 6.66. The Morgan fingerprint density at radius 2 is 1.87 bits per heavy atom. The number of benzene rings is 1. The van der Waals surface area contributed by atoms with Crippen LogP contribution in [0.2, 0.25) is 0 Å². The Bertz CT molecular complexity index is 1060. The first-order valence-electron chi connectivity index (χ1n) is 11.7. The lowest BCUT2D eigenvalue weighted by Crippen LogP contribution is -2.49. The van der Waals surface area contributed by atoms with Crippen LogP contribution in [0.25, 0.3) is 11.0 Å². The summed E-state index contributed by atoms with van der Waals surface area (Å²) in [4.78, 5) is 16.2. The summed E-state index contributed by atoms with van der Waals surface area (Å²) in [5.74, 6) is 1.04. The molecule has 0 spiro atoms. The number of nitrogens with two attached hydrogens (primary N) is 1. The molecule has 0 fully saturated rings. The predicted octanol–water partition coefficient (Wildman–Crippen LogP) is -4.65. The van der Waals surface area contributed by atoms with Crippen LogP contribution in [0.4, 0.5) is 0 Å². The van der Waals surface area contributed by atoms with Crippen LogP contribution < -0.4 is 27.6 Å².